The van der Waals surface area contributed by atoms with Crippen LogP contribution in [0.2, 0.25) is 0 Å². The molecule has 1 aromatic heterocycles. The molecule has 3 aromatic rings. The maximum atomic E-state index is 13.2. The van der Waals surface area contributed by atoms with Crippen molar-refractivity contribution in [2.75, 3.05) is 20.8 Å². The van der Waals surface area contributed by atoms with E-state index in [-0.39, 0.29) is 11.3 Å². The fraction of sp³-hybridized carbons (Fsp3) is 0.240. The molecule has 1 N–H and O–H groups in total. The van der Waals surface area contributed by atoms with Gasteiger partial charge in [0.05, 0.1) is 32.2 Å². The highest BCUT2D eigenvalue weighted by Gasteiger charge is 2.46. The van der Waals surface area contributed by atoms with Gasteiger partial charge in [0, 0.05) is 35.5 Å². The van der Waals surface area contributed by atoms with Crippen molar-refractivity contribution in [2.45, 2.75) is 19.0 Å². The number of nitrogens with zero attached hydrogens (tertiary/aromatic N) is 3. The predicted octanol–water partition coefficient (Wildman–Crippen LogP) is 4.17. The van der Waals surface area contributed by atoms with E-state index in [4.69, 9.17) is 9.47 Å². The van der Waals surface area contributed by atoms with Crippen molar-refractivity contribution in [2.24, 2.45) is 0 Å². The minimum absolute atomic E-state index is 0.0437. The fourth-order valence-corrected chi connectivity index (χ4v) is 4.35. The highest BCUT2D eigenvalue weighted by molar-refractivity contribution is 9.10. The molecule has 1 amide bonds. The van der Waals surface area contributed by atoms with Crippen molar-refractivity contribution in [3.8, 4) is 11.5 Å². The first kappa shape index (κ1) is 23.6. The van der Waals surface area contributed by atoms with Crippen LogP contribution in [0, 0.1) is 0 Å². The van der Waals surface area contributed by atoms with Crippen molar-refractivity contribution in [3.63, 3.8) is 0 Å². The van der Waals surface area contributed by atoms with E-state index in [1.807, 2.05) is 10.8 Å². The van der Waals surface area contributed by atoms with E-state index in [0.717, 1.165) is 4.47 Å². The molecule has 1 fully saturated rings. The second-order valence-corrected chi connectivity index (χ2v) is 8.68. The summed E-state index contributed by atoms with van der Waals surface area (Å²) in [6.07, 6.45) is 5.83. The van der Waals surface area contributed by atoms with Crippen LogP contribution in [0.1, 0.15) is 23.6 Å². The van der Waals surface area contributed by atoms with Gasteiger partial charge in [0.2, 0.25) is 0 Å². The third-order valence-electron chi connectivity index (χ3n) is 5.76. The molecule has 9 heteroatoms. The van der Waals surface area contributed by atoms with Crippen molar-refractivity contribution in [3.05, 3.63) is 82.4 Å². The number of aliphatic hydroxyl groups excluding tert-OH is 1. The number of methoxy groups -OCH3 is 2. The SMILES string of the molecule is COc1ccc(C2/C(=C(\O)c3ccc(Br)cc3)C(=O)C(=O)N2CCCn2ccnc2)cc1OC. The Balaban J connectivity index is 1.77. The van der Waals surface area contributed by atoms with Crippen LogP contribution < -0.4 is 9.47 Å². The zero-order chi connectivity index (χ0) is 24.2. The van der Waals surface area contributed by atoms with E-state index >= 15 is 0 Å². The summed E-state index contributed by atoms with van der Waals surface area (Å²) < 4.78 is 13.5. The number of rotatable bonds is 8. The number of likely N-dealkylation sites (tertiary alicyclic amines) is 1. The highest BCUT2D eigenvalue weighted by Crippen LogP contribution is 2.42. The molecule has 0 radical (unpaired) electrons. The lowest BCUT2D eigenvalue weighted by atomic mass is 9.95. The zero-order valence-electron chi connectivity index (χ0n) is 18.8. The summed E-state index contributed by atoms with van der Waals surface area (Å²) in [5.74, 6) is -0.599. The van der Waals surface area contributed by atoms with E-state index in [1.54, 1.807) is 55.0 Å². The van der Waals surface area contributed by atoms with Gasteiger partial charge >= 0.3 is 0 Å². The lowest BCUT2D eigenvalue weighted by molar-refractivity contribution is -0.139. The normalized spacial score (nSPS) is 17.3. The van der Waals surface area contributed by atoms with Gasteiger partial charge in [-0.25, -0.2) is 4.98 Å². The van der Waals surface area contributed by atoms with E-state index in [9.17, 15) is 14.7 Å². The number of aryl methyl sites for hydroxylation is 1. The molecule has 1 atom stereocenters. The fourth-order valence-electron chi connectivity index (χ4n) is 4.09. The van der Waals surface area contributed by atoms with E-state index in [2.05, 4.69) is 20.9 Å². The maximum Gasteiger partial charge on any atom is 0.295 e. The number of carbonyl (C=O) groups excluding carboxylic acids is 2. The number of Topliss-reactive ketones (excluding diaryl/α,β-unsaturated/α-hetero) is 1. The minimum atomic E-state index is -0.772. The Morgan fingerprint density at radius 2 is 1.79 bits per heavy atom. The minimum Gasteiger partial charge on any atom is -0.507 e. The van der Waals surface area contributed by atoms with Crippen molar-refractivity contribution in [1.29, 1.82) is 0 Å². The molecule has 1 saturated heterocycles. The molecule has 0 bridgehead atoms. The lowest BCUT2D eigenvalue weighted by Crippen LogP contribution is -2.31. The monoisotopic (exact) mass is 525 g/mol. The van der Waals surface area contributed by atoms with Gasteiger partial charge in [-0.3, -0.25) is 9.59 Å². The van der Waals surface area contributed by atoms with Gasteiger partial charge < -0.3 is 24.0 Å². The molecule has 34 heavy (non-hydrogen) atoms. The van der Waals surface area contributed by atoms with Gasteiger partial charge in [0.1, 0.15) is 5.76 Å². The number of benzene rings is 2. The molecule has 0 aliphatic carbocycles. The molecule has 2 heterocycles. The summed E-state index contributed by atoms with van der Waals surface area (Å²) in [5, 5.41) is 11.1. The topological polar surface area (TPSA) is 93.9 Å². The van der Waals surface area contributed by atoms with Crippen LogP contribution in [-0.4, -0.2) is 52.0 Å². The molecule has 4 rings (SSSR count). The Labute approximate surface area is 205 Å². The van der Waals surface area contributed by atoms with Gasteiger partial charge in [0.25, 0.3) is 11.7 Å². The van der Waals surface area contributed by atoms with Crippen LogP contribution in [0.4, 0.5) is 0 Å². The van der Waals surface area contributed by atoms with Gasteiger partial charge in [-0.2, -0.15) is 0 Å². The van der Waals surface area contributed by atoms with E-state index in [1.165, 1.54) is 19.1 Å². The van der Waals surface area contributed by atoms with Crippen molar-refractivity contribution in [1.82, 2.24) is 14.5 Å². The molecule has 176 valence electrons. The Kier molecular flexibility index (Phi) is 7.02. The number of imidazole rings is 1. The number of ether oxygens (including phenoxy) is 2. The van der Waals surface area contributed by atoms with Crippen molar-refractivity contribution >= 4 is 33.4 Å². The van der Waals surface area contributed by atoms with E-state index in [0.29, 0.717) is 42.1 Å². The summed E-state index contributed by atoms with van der Waals surface area (Å²) in [5.41, 5.74) is 1.13. The number of ketones is 1. The van der Waals surface area contributed by atoms with Crippen LogP contribution in [-0.2, 0) is 16.1 Å². The first-order chi connectivity index (χ1) is 16.4. The van der Waals surface area contributed by atoms with Crippen molar-refractivity contribution < 1.29 is 24.2 Å². The average molecular weight is 526 g/mol. The smallest absolute Gasteiger partial charge is 0.295 e. The van der Waals surface area contributed by atoms with Crippen LogP contribution in [0.5, 0.6) is 11.5 Å². The first-order valence-electron chi connectivity index (χ1n) is 10.7. The van der Waals surface area contributed by atoms with Crippen LogP contribution in [0.3, 0.4) is 0 Å². The molecule has 1 unspecified atom stereocenters. The second-order valence-electron chi connectivity index (χ2n) is 7.77. The summed E-state index contributed by atoms with van der Waals surface area (Å²) in [6.45, 7) is 0.952. The number of hydrogen-bond donors (Lipinski definition) is 1. The highest BCUT2D eigenvalue weighted by atomic mass is 79.9. The number of hydrogen-bond acceptors (Lipinski definition) is 6. The molecule has 0 spiro atoms. The summed E-state index contributed by atoms with van der Waals surface area (Å²) >= 11 is 3.37. The van der Waals surface area contributed by atoms with Crippen LogP contribution in [0.15, 0.2) is 71.2 Å². The predicted molar refractivity (Wildman–Crippen MR) is 130 cm³/mol. The molecule has 1 aliphatic rings. The summed E-state index contributed by atoms with van der Waals surface area (Å²) in [4.78, 5) is 31.8. The number of aliphatic hydroxyl groups is 1. The molecule has 1 aliphatic heterocycles. The number of aromatic nitrogens is 2. The zero-order valence-corrected chi connectivity index (χ0v) is 20.4. The third kappa shape index (κ3) is 4.56. The quantitative estimate of drug-likeness (QED) is 0.269. The molecule has 8 nitrogen and oxygen atoms in total. The van der Waals surface area contributed by atoms with Gasteiger partial charge in [-0.15, -0.1) is 0 Å². The van der Waals surface area contributed by atoms with Gasteiger partial charge in [-0.1, -0.05) is 34.1 Å². The molecular weight excluding hydrogens is 502 g/mol. The maximum absolute atomic E-state index is 13.2. The molecular formula is C25H24BrN3O5. The number of amides is 1. The third-order valence-corrected chi connectivity index (χ3v) is 6.28. The molecule has 2 aromatic carbocycles. The second kappa shape index (κ2) is 10.1. The Morgan fingerprint density at radius 3 is 2.44 bits per heavy atom. The van der Waals surface area contributed by atoms with E-state index < -0.39 is 17.7 Å². The van der Waals surface area contributed by atoms with Gasteiger partial charge in [-0.05, 0) is 36.2 Å². The van der Waals surface area contributed by atoms with Crippen LogP contribution >= 0.6 is 15.9 Å². The largest absolute Gasteiger partial charge is 0.507 e. The Morgan fingerprint density at radius 1 is 1.06 bits per heavy atom. The molecule has 0 saturated carbocycles. The first-order valence-corrected chi connectivity index (χ1v) is 11.5. The summed E-state index contributed by atoms with van der Waals surface area (Å²) in [6, 6.07) is 11.4. The lowest BCUT2D eigenvalue weighted by Gasteiger charge is -2.26. The number of halogens is 1. The Bertz CT molecular complexity index is 1220. The Hall–Kier alpha value is -3.59. The van der Waals surface area contributed by atoms with Gasteiger partial charge in [0.15, 0.2) is 11.5 Å². The summed E-state index contributed by atoms with van der Waals surface area (Å²) in [7, 11) is 3.05. The standard InChI is InChI=1S/C25H24BrN3O5/c1-33-19-9-6-17(14-20(19)34-2)22-21(23(30)16-4-7-18(26)8-5-16)24(31)25(32)29(22)12-3-11-28-13-10-27-15-28/h4-10,13-15,22,30H,3,11-12H2,1-2H3/b23-21+. The average Bonchev–Trinajstić information content (AvgIpc) is 3.46. The van der Waals surface area contributed by atoms with Crippen LogP contribution in [0.25, 0.3) is 5.76 Å². The number of carbonyl (C=O) groups is 2.